The molecule has 4 aromatic rings. The molecule has 1 amide bonds. The Balaban J connectivity index is 1.38. The van der Waals surface area contributed by atoms with Crippen LogP contribution in [-0.4, -0.2) is 49.5 Å². The van der Waals surface area contributed by atoms with Crippen molar-refractivity contribution < 1.29 is 13.9 Å². The first-order chi connectivity index (χ1) is 16.5. The van der Waals surface area contributed by atoms with Crippen molar-refractivity contribution in [1.29, 1.82) is 0 Å². The van der Waals surface area contributed by atoms with Gasteiger partial charge in [-0.2, -0.15) is 4.98 Å². The Hall–Kier alpha value is -3.85. The zero-order chi connectivity index (χ0) is 23.7. The lowest BCUT2D eigenvalue weighted by Gasteiger charge is -2.31. The van der Waals surface area contributed by atoms with Crippen LogP contribution in [0.1, 0.15) is 19.8 Å². The number of halogens is 1. The van der Waals surface area contributed by atoms with Gasteiger partial charge in [-0.3, -0.25) is 4.40 Å². The van der Waals surface area contributed by atoms with Gasteiger partial charge >= 0.3 is 11.9 Å². The number of aromatic nitrogens is 4. The van der Waals surface area contributed by atoms with E-state index in [9.17, 15) is 4.79 Å². The topological polar surface area (TPSA) is 97.8 Å². The number of amides is 1. The molecular weight excluding hydrogens is 456 g/mol. The summed E-state index contributed by atoms with van der Waals surface area (Å²) >= 11 is 6.47. The molecule has 0 bridgehead atoms. The molecule has 1 aromatic carbocycles. The number of oxazole rings is 1. The first kappa shape index (κ1) is 22.0. The Bertz CT molecular complexity index is 1360. The second kappa shape index (κ2) is 9.18. The van der Waals surface area contributed by atoms with Gasteiger partial charge < -0.3 is 19.4 Å². The molecule has 1 saturated heterocycles. The summed E-state index contributed by atoms with van der Waals surface area (Å²) in [5.74, 6) is 1.34. The summed E-state index contributed by atoms with van der Waals surface area (Å²) in [7, 11) is 0. The molecule has 0 atom stereocenters. The highest BCUT2D eigenvalue weighted by Crippen LogP contribution is 2.36. The van der Waals surface area contributed by atoms with Gasteiger partial charge in [0.25, 0.3) is 0 Å². The van der Waals surface area contributed by atoms with Crippen LogP contribution in [0.25, 0.3) is 28.5 Å². The van der Waals surface area contributed by atoms with Crippen molar-refractivity contribution in [2.75, 3.05) is 18.4 Å². The Kier molecular flexibility index (Phi) is 5.93. The van der Waals surface area contributed by atoms with Crippen LogP contribution >= 0.6 is 11.6 Å². The number of benzene rings is 1. The van der Waals surface area contributed by atoms with E-state index in [1.54, 1.807) is 30.5 Å². The van der Waals surface area contributed by atoms with Gasteiger partial charge in [-0.15, -0.1) is 0 Å². The van der Waals surface area contributed by atoms with E-state index in [0.717, 1.165) is 24.1 Å². The highest BCUT2D eigenvalue weighted by Gasteiger charge is 2.25. The molecule has 1 aliphatic heterocycles. The van der Waals surface area contributed by atoms with Crippen LogP contribution in [-0.2, 0) is 4.74 Å². The predicted octanol–water partition coefficient (Wildman–Crippen LogP) is 5.25. The molecule has 3 aromatic heterocycles. The summed E-state index contributed by atoms with van der Waals surface area (Å²) in [6, 6.07) is 9.50. The van der Waals surface area contributed by atoms with Crippen molar-refractivity contribution in [1.82, 2.24) is 24.3 Å². The summed E-state index contributed by atoms with van der Waals surface area (Å²) in [6.45, 7) is 6.44. The fourth-order valence-corrected chi connectivity index (χ4v) is 4.26. The standard InChI is InChI=1S/C24H23ClN6O3/c1-15(2)34-24(32)30-11-8-16(9-12-30)27-22-26-10-7-19(28-22)21-20(17-5-3-4-6-18(17)25)29-23-31(21)13-14-33-23/h3-7,10,13-14,16H,1,8-9,11-12H2,2H3,(H,26,27,28). The second-order valence-electron chi connectivity index (χ2n) is 8.09. The van der Waals surface area contributed by atoms with E-state index >= 15 is 0 Å². The van der Waals surface area contributed by atoms with Crippen molar-refractivity contribution in [2.24, 2.45) is 0 Å². The number of rotatable bonds is 5. The molecule has 4 heterocycles. The quantitative estimate of drug-likeness (QED) is 0.391. The van der Waals surface area contributed by atoms with Crippen LogP contribution in [0, 0.1) is 0 Å². The van der Waals surface area contributed by atoms with Gasteiger partial charge in [0.05, 0.1) is 16.5 Å². The average molecular weight is 479 g/mol. The minimum Gasteiger partial charge on any atom is -0.432 e. The SMILES string of the molecule is C=C(C)OC(=O)N1CCC(Nc2nccc(-c3c(-c4ccccc4Cl)nc4occn34)n2)CC1. The molecule has 0 aliphatic carbocycles. The number of fused-ring (bicyclic) bond motifs is 1. The van der Waals surface area contributed by atoms with E-state index in [2.05, 4.69) is 21.9 Å². The monoisotopic (exact) mass is 478 g/mol. The maximum atomic E-state index is 12.1. The number of likely N-dealkylation sites (tertiary alicyclic amines) is 1. The number of hydrogen-bond acceptors (Lipinski definition) is 7. The van der Waals surface area contributed by atoms with E-state index in [1.807, 2.05) is 34.7 Å². The number of allylic oxidation sites excluding steroid dienone is 1. The maximum Gasteiger partial charge on any atom is 0.414 e. The smallest absolute Gasteiger partial charge is 0.414 e. The molecule has 1 aliphatic rings. The minimum absolute atomic E-state index is 0.131. The van der Waals surface area contributed by atoms with Crippen molar-refractivity contribution in [3.63, 3.8) is 0 Å². The van der Waals surface area contributed by atoms with Crippen molar-refractivity contribution in [3.05, 3.63) is 66.3 Å². The van der Waals surface area contributed by atoms with Crippen LogP contribution < -0.4 is 5.32 Å². The third-order valence-electron chi connectivity index (χ3n) is 5.64. The van der Waals surface area contributed by atoms with Gasteiger partial charge in [-0.1, -0.05) is 36.4 Å². The number of carbonyl (C=O) groups excluding carboxylic acids is 1. The molecule has 9 nitrogen and oxygen atoms in total. The zero-order valence-electron chi connectivity index (χ0n) is 18.6. The maximum absolute atomic E-state index is 12.1. The first-order valence-corrected chi connectivity index (χ1v) is 11.3. The Morgan fingerprint density at radius 2 is 2.03 bits per heavy atom. The molecule has 1 N–H and O–H groups in total. The number of piperidine rings is 1. The normalized spacial score (nSPS) is 14.4. The third-order valence-corrected chi connectivity index (χ3v) is 5.97. The van der Waals surface area contributed by atoms with E-state index in [0.29, 0.717) is 47.1 Å². The van der Waals surface area contributed by atoms with Crippen LogP contribution in [0.4, 0.5) is 10.7 Å². The number of nitrogens with one attached hydrogen (secondary N) is 1. The molecule has 174 valence electrons. The van der Waals surface area contributed by atoms with E-state index in [4.69, 9.17) is 25.7 Å². The van der Waals surface area contributed by atoms with E-state index in [-0.39, 0.29) is 12.1 Å². The molecule has 5 rings (SSSR count). The van der Waals surface area contributed by atoms with Gasteiger partial charge in [0, 0.05) is 37.1 Å². The fourth-order valence-electron chi connectivity index (χ4n) is 4.03. The number of ether oxygens (including phenoxy) is 1. The van der Waals surface area contributed by atoms with Gasteiger partial charge in [-0.05, 0) is 31.9 Å². The average Bonchev–Trinajstić information content (AvgIpc) is 3.41. The van der Waals surface area contributed by atoms with Gasteiger partial charge in [0.1, 0.15) is 17.7 Å². The number of carbonyl (C=O) groups is 1. The minimum atomic E-state index is -0.360. The van der Waals surface area contributed by atoms with Gasteiger partial charge in [0.15, 0.2) is 0 Å². The lowest BCUT2D eigenvalue weighted by molar-refractivity contribution is 0.119. The van der Waals surface area contributed by atoms with Gasteiger partial charge in [0.2, 0.25) is 5.95 Å². The molecular formula is C24H23ClN6O3. The van der Waals surface area contributed by atoms with Crippen molar-refractivity contribution in [3.8, 4) is 22.6 Å². The summed E-state index contributed by atoms with van der Waals surface area (Å²) in [6.07, 6.45) is 6.23. The van der Waals surface area contributed by atoms with Crippen LogP contribution in [0.2, 0.25) is 5.02 Å². The highest BCUT2D eigenvalue weighted by molar-refractivity contribution is 6.33. The molecule has 1 fully saturated rings. The van der Waals surface area contributed by atoms with Crippen LogP contribution in [0.3, 0.4) is 0 Å². The second-order valence-corrected chi connectivity index (χ2v) is 8.49. The van der Waals surface area contributed by atoms with Crippen molar-refractivity contribution in [2.45, 2.75) is 25.8 Å². The Morgan fingerprint density at radius 3 is 2.79 bits per heavy atom. The lowest BCUT2D eigenvalue weighted by atomic mass is 10.1. The third kappa shape index (κ3) is 4.34. The first-order valence-electron chi connectivity index (χ1n) is 10.9. The van der Waals surface area contributed by atoms with Gasteiger partial charge in [-0.25, -0.2) is 14.8 Å². The molecule has 10 heteroatoms. The van der Waals surface area contributed by atoms with Crippen LogP contribution in [0.5, 0.6) is 0 Å². The lowest BCUT2D eigenvalue weighted by Crippen LogP contribution is -2.42. The van der Waals surface area contributed by atoms with Crippen LogP contribution in [0.15, 0.2) is 65.7 Å². The van der Waals surface area contributed by atoms with E-state index < -0.39 is 0 Å². The summed E-state index contributed by atoms with van der Waals surface area (Å²) < 4.78 is 12.5. The summed E-state index contributed by atoms with van der Waals surface area (Å²) in [5.41, 5.74) is 2.92. The molecule has 0 radical (unpaired) electrons. The fraction of sp³-hybridized carbons (Fsp3) is 0.250. The number of hydrogen-bond donors (Lipinski definition) is 1. The molecule has 0 spiro atoms. The zero-order valence-corrected chi connectivity index (χ0v) is 19.3. The number of anilines is 1. The largest absolute Gasteiger partial charge is 0.432 e. The Morgan fingerprint density at radius 1 is 1.24 bits per heavy atom. The Labute approximate surface area is 201 Å². The highest BCUT2D eigenvalue weighted by atomic mass is 35.5. The number of nitrogens with zero attached hydrogens (tertiary/aromatic N) is 5. The predicted molar refractivity (Wildman–Crippen MR) is 128 cm³/mol. The molecule has 34 heavy (non-hydrogen) atoms. The number of imidazole rings is 1. The summed E-state index contributed by atoms with van der Waals surface area (Å²) in [4.78, 5) is 27.6. The van der Waals surface area contributed by atoms with E-state index in [1.165, 1.54) is 0 Å². The summed E-state index contributed by atoms with van der Waals surface area (Å²) in [5, 5.41) is 3.99. The molecule has 0 saturated carbocycles. The molecule has 0 unspecified atom stereocenters. The van der Waals surface area contributed by atoms with Crippen molar-refractivity contribution >= 4 is 29.5 Å².